The maximum absolute atomic E-state index is 5.22. The molecule has 1 aliphatic rings. The van der Waals surface area contributed by atoms with E-state index in [2.05, 4.69) is 36.6 Å². The third kappa shape index (κ3) is 3.71. The minimum atomic E-state index is 0.441. The number of piperidine rings is 1. The lowest BCUT2D eigenvalue weighted by Crippen LogP contribution is -2.47. The highest BCUT2D eigenvalue weighted by Crippen LogP contribution is 2.23. The summed E-state index contributed by atoms with van der Waals surface area (Å²) in [6, 6.07) is 9.50. The van der Waals surface area contributed by atoms with E-state index in [1.165, 1.54) is 12.0 Å². The Morgan fingerprint density at radius 1 is 1.37 bits per heavy atom. The Morgan fingerprint density at radius 3 is 2.68 bits per heavy atom. The molecule has 3 nitrogen and oxygen atoms in total. The van der Waals surface area contributed by atoms with Gasteiger partial charge in [-0.3, -0.25) is 0 Å². The Morgan fingerprint density at radius 2 is 2.11 bits per heavy atom. The third-order valence-electron chi connectivity index (χ3n) is 4.13. The molecule has 3 unspecified atom stereocenters. The second kappa shape index (κ2) is 6.92. The molecule has 19 heavy (non-hydrogen) atoms. The Labute approximate surface area is 116 Å². The molecule has 2 rings (SSSR count). The fourth-order valence-corrected chi connectivity index (χ4v) is 2.81. The average molecular weight is 262 g/mol. The highest BCUT2D eigenvalue weighted by molar-refractivity contribution is 5.29. The SMILES string of the molecule is CCC(NC1CCNCC1C)c1ccc(OC)cc1. The van der Waals surface area contributed by atoms with Gasteiger partial charge in [0, 0.05) is 12.1 Å². The van der Waals surface area contributed by atoms with Crippen molar-refractivity contribution in [3.8, 4) is 5.75 Å². The van der Waals surface area contributed by atoms with E-state index in [0.717, 1.165) is 25.3 Å². The standard InChI is InChI=1S/C16H26N2O/c1-4-15(13-5-7-14(19-3)8-6-13)18-16-9-10-17-11-12(16)2/h5-8,12,15-18H,4,9-11H2,1-3H3. The summed E-state index contributed by atoms with van der Waals surface area (Å²) in [6.07, 6.45) is 2.33. The van der Waals surface area contributed by atoms with Gasteiger partial charge in [-0.1, -0.05) is 26.0 Å². The van der Waals surface area contributed by atoms with Crippen LogP contribution in [0.15, 0.2) is 24.3 Å². The van der Waals surface area contributed by atoms with E-state index in [4.69, 9.17) is 4.74 Å². The fraction of sp³-hybridized carbons (Fsp3) is 0.625. The molecule has 0 saturated carbocycles. The van der Waals surface area contributed by atoms with E-state index in [1.54, 1.807) is 7.11 Å². The van der Waals surface area contributed by atoms with Gasteiger partial charge in [0.15, 0.2) is 0 Å². The predicted molar refractivity (Wildman–Crippen MR) is 79.6 cm³/mol. The molecule has 2 N–H and O–H groups in total. The van der Waals surface area contributed by atoms with Crippen molar-refractivity contribution in [2.24, 2.45) is 5.92 Å². The molecule has 3 atom stereocenters. The number of hydrogen-bond donors (Lipinski definition) is 2. The molecule has 1 fully saturated rings. The smallest absolute Gasteiger partial charge is 0.118 e. The van der Waals surface area contributed by atoms with E-state index in [-0.39, 0.29) is 0 Å². The number of methoxy groups -OCH3 is 1. The largest absolute Gasteiger partial charge is 0.497 e. The van der Waals surface area contributed by atoms with Crippen molar-refractivity contribution in [2.75, 3.05) is 20.2 Å². The first kappa shape index (κ1) is 14.4. The fourth-order valence-electron chi connectivity index (χ4n) is 2.81. The molecule has 1 aliphatic heterocycles. The van der Waals surface area contributed by atoms with Gasteiger partial charge < -0.3 is 15.4 Å². The first-order valence-corrected chi connectivity index (χ1v) is 7.35. The number of benzene rings is 1. The van der Waals surface area contributed by atoms with Crippen LogP contribution in [0.3, 0.4) is 0 Å². The highest BCUT2D eigenvalue weighted by atomic mass is 16.5. The zero-order chi connectivity index (χ0) is 13.7. The molecule has 0 radical (unpaired) electrons. The molecule has 0 bridgehead atoms. The van der Waals surface area contributed by atoms with Crippen LogP contribution in [0.1, 0.15) is 38.3 Å². The lowest BCUT2D eigenvalue weighted by molar-refractivity contribution is 0.270. The molecule has 3 heteroatoms. The number of rotatable bonds is 5. The van der Waals surface area contributed by atoms with Crippen LogP contribution in [0, 0.1) is 5.92 Å². The average Bonchev–Trinajstić information content (AvgIpc) is 2.47. The number of hydrogen-bond acceptors (Lipinski definition) is 3. The van der Waals surface area contributed by atoms with Crippen LogP contribution >= 0.6 is 0 Å². The van der Waals surface area contributed by atoms with Gasteiger partial charge in [0.1, 0.15) is 5.75 Å². The predicted octanol–water partition coefficient (Wildman–Crippen LogP) is 2.73. The van der Waals surface area contributed by atoms with Crippen LogP contribution in [-0.2, 0) is 0 Å². The van der Waals surface area contributed by atoms with Crippen LogP contribution in [0.5, 0.6) is 5.75 Å². The summed E-state index contributed by atoms with van der Waals surface area (Å²) in [7, 11) is 1.71. The van der Waals surface area contributed by atoms with Crippen molar-refractivity contribution < 1.29 is 4.74 Å². The molecular formula is C16H26N2O. The van der Waals surface area contributed by atoms with Gasteiger partial charge in [0.05, 0.1) is 7.11 Å². The quantitative estimate of drug-likeness (QED) is 0.856. The van der Waals surface area contributed by atoms with Gasteiger partial charge in [-0.15, -0.1) is 0 Å². The molecule has 0 amide bonds. The minimum absolute atomic E-state index is 0.441. The summed E-state index contributed by atoms with van der Waals surface area (Å²) in [5.41, 5.74) is 1.36. The van der Waals surface area contributed by atoms with Crippen molar-refractivity contribution in [3.05, 3.63) is 29.8 Å². The lowest BCUT2D eigenvalue weighted by Gasteiger charge is -2.33. The molecule has 0 spiro atoms. The molecule has 1 saturated heterocycles. The minimum Gasteiger partial charge on any atom is -0.497 e. The first-order chi connectivity index (χ1) is 9.24. The Hall–Kier alpha value is -1.06. The van der Waals surface area contributed by atoms with Crippen LogP contribution in [0.2, 0.25) is 0 Å². The van der Waals surface area contributed by atoms with Gasteiger partial charge in [0.2, 0.25) is 0 Å². The molecule has 1 aromatic carbocycles. The summed E-state index contributed by atoms with van der Waals surface area (Å²) in [6.45, 7) is 6.82. The maximum Gasteiger partial charge on any atom is 0.118 e. The monoisotopic (exact) mass is 262 g/mol. The summed E-state index contributed by atoms with van der Waals surface area (Å²) < 4.78 is 5.22. The topological polar surface area (TPSA) is 33.3 Å². The molecule has 0 aromatic heterocycles. The van der Waals surface area contributed by atoms with Crippen molar-refractivity contribution in [1.29, 1.82) is 0 Å². The van der Waals surface area contributed by atoms with Crippen molar-refractivity contribution in [2.45, 2.75) is 38.8 Å². The van der Waals surface area contributed by atoms with Crippen molar-refractivity contribution >= 4 is 0 Å². The van der Waals surface area contributed by atoms with Gasteiger partial charge >= 0.3 is 0 Å². The van der Waals surface area contributed by atoms with E-state index >= 15 is 0 Å². The Kier molecular flexibility index (Phi) is 5.23. The lowest BCUT2D eigenvalue weighted by atomic mass is 9.93. The summed E-state index contributed by atoms with van der Waals surface area (Å²) >= 11 is 0. The first-order valence-electron chi connectivity index (χ1n) is 7.35. The molecular weight excluding hydrogens is 236 g/mol. The van der Waals surface area contributed by atoms with E-state index in [0.29, 0.717) is 18.0 Å². The van der Waals surface area contributed by atoms with E-state index < -0.39 is 0 Å². The molecule has 0 aliphatic carbocycles. The van der Waals surface area contributed by atoms with Gasteiger partial charge in [-0.25, -0.2) is 0 Å². The number of ether oxygens (including phenoxy) is 1. The third-order valence-corrected chi connectivity index (χ3v) is 4.13. The second-order valence-corrected chi connectivity index (χ2v) is 5.48. The normalized spacial score (nSPS) is 25.0. The zero-order valence-corrected chi connectivity index (χ0v) is 12.3. The van der Waals surface area contributed by atoms with Crippen LogP contribution in [-0.4, -0.2) is 26.2 Å². The van der Waals surface area contributed by atoms with Crippen LogP contribution in [0.25, 0.3) is 0 Å². The zero-order valence-electron chi connectivity index (χ0n) is 12.3. The molecule has 106 valence electrons. The van der Waals surface area contributed by atoms with E-state index in [1.807, 2.05) is 12.1 Å². The Balaban J connectivity index is 2.01. The highest BCUT2D eigenvalue weighted by Gasteiger charge is 2.23. The van der Waals surface area contributed by atoms with E-state index in [9.17, 15) is 0 Å². The van der Waals surface area contributed by atoms with Gasteiger partial charge in [-0.05, 0) is 49.5 Å². The summed E-state index contributed by atoms with van der Waals surface area (Å²) in [4.78, 5) is 0. The summed E-state index contributed by atoms with van der Waals surface area (Å²) in [5, 5.41) is 7.28. The molecule has 1 aromatic rings. The summed E-state index contributed by atoms with van der Waals surface area (Å²) in [5.74, 6) is 1.62. The van der Waals surface area contributed by atoms with Crippen LogP contribution in [0.4, 0.5) is 0 Å². The second-order valence-electron chi connectivity index (χ2n) is 5.48. The molecule has 1 heterocycles. The van der Waals surface area contributed by atoms with Gasteiger partial charge in [0.25, 0.3) is 0 Å². The number of nitrogens with one attached hydrogen (secondary N) is 2. The van der Waals surface area contributed by atoms with Crippen molar-refractivity contribution in [3.63, 3.8) is 0 Å². The van der Waals surface area contributed by atoms with Gasteiger partial charge in [-0.2, -0.15) is 0 Å². The van der Waals surface area contributed by atoms with Crippen molar-refractivity contribution in [1.82, 2.24) is 10.6 Å². The van der Waals surface area contributed by atoms with Crippen LogP contribution < -0.4 is 15.4 Å². The Bertz CT molecular complexity index is 377. The maximum atomic E-state index is 5.22.